The molecule has 0 N–H and O–H groups in total. The highest BCUT2D eigenvalue weighted by Gasteiger charge is 2.39. The maximum Gasteiger partial charge on any atom is 0.243 e. The van der Waals surface area contributed by atoms with Crippen molar-refractivity contribution >= 4 is 19.9 Å². The van der Waals surface area contributed by atoms with E-state index in [1.54, 1.807) is 18.2 Å². The Morgan fingerprint density at radius 3 is 2.28 bits per heavy atom. The summed E-state index contributed by atoms with van der Waals surface area (Å²) in [6.45, 7) is -0.0553. The number of rotatable bonds is 7. The molecule has 2 aromatic rings. The summed E-state index contributed by atoms with van der Waals surface area (Å²) in [5.74, 6) is 0.0504. The Morgan fingerprint density at radius 1 is 1.07 bits per heavy atom. The minimum absolute atomic E-state index is 0.0553. The van der Waals surface area contributed by atoms with E-state index in [1.165, 1.54) is 30.7 Å². The first kappa shape index (κ1) is 21.5. The minimum atomic E-state index is -4.05. The third kappa shape index (κ3) is 4.71. The molecular formula is C19H22FNO6S2. The van der Waals surface area contributed by atoms with E-state index in [0.717, 1.165) is 12.1 Å². The van der Waals surface area contributed by atoms with Crippen molar-refractivity contribution in [2.45, 2.75) is 23.9 Å². The Labute approximate surface area is 170 Å². The minimum Gasteiger partial charge on any atom is -0.493 e. The molecule has 0 amide bonds. The van der Waals surface area contributed by atoms with Gasteiger partial charge in [0.25, 0.3) is 0 Å². The fourth-order valence-corrected chi connectivity index (χ4v) is 6.78. The quantitative estimate of drug-likeness (QED) is 0.652. The van der Waals surface area contributed by atoms with Crippen LogP contribution in [-0.4, -0.2) is 52.9 Å². The van der Waals surface area contributed by atoms with Gasteiger partial charge in [0, 0.05) is 12.6 Å². The summed E-state index contributed by atoms with van der Waals surface area (Å²) in [6.07, 6.45) is 0.204. The largest absolute Gasteiger partial charge is 0.493 e. The topological polar surface area (TPSA) is 90.0 Å². The third-order valence-electron chi connectivity index (χ3n) is 4.82. The van der Waals surface area contributed by atoms with Gasteiger partial charge in [-0.3, -0.25) is 0 Å². The van der Waals surface area contributed by atoms with Crippen LogP contribution < -0.4 is 9.47 Å². The summed E-state index contributed by atoms with van der Waals surface area (Å²) in [4.78, 5) is -0.0938. The van der Waals surface area contributed by atoms with Crippen molar-refractivity contribution < 1.29 is 30.7 Å². The Kier molecular flexibility index (Phi) is 6.16. The van der Waals surface area contributed by atoms with E-state index in [-0.39, 0.29) is 29.4 Å². The molecule has 0 spiro atoms. The molecule has 0 radical (unpaired) electrons. The molecule has 1 aliphatic rings. The second-order valence-corrected chi connectivity index (χ2v) is 10.9. The van der Waals surface area contributed by atoms with Crippen molar-refractivity contribution in [2.75, 3.05) is 25.7 Å². The summed E-state index contributed by atoms with van der Waals surface area (Å²) in [5, 5.41) is 0. The average molecular weight is 444 g/mol. The molecule has 1 heterocycles. The van der Waals surface area contributed by atoms with Crippen molar-refractivity contribution in [1.82, 2.24) is 4.31 Å². The predicted molar refractivity (Wildman–Crippen MR) is 106 cm³/mol. The van der Waals surface area contributed by atoms with E-state index in [2.05, 4.69) is 0 Å². The van der Waals surface area contributed by atoms with E-state index in [9.17, 15) is 21.2 Å². The summed E-state index contributed by atoms with van der Waals surface area (Å²) in [7, 11) is -4.41. The molecule has 0 unspecified atom stereocenters. The normalized spacial score (nSPS) is 18.7. The van der Waals surface area contributed by atoms with Gasteiger partial charge in [0.1, 0.15) is 5.82 Å². The zero-order chi connectivity index (χ0) is 21.2. The summed E-state index contributed by atoms with van der Waals surface area (Å²) in [5.41, 5.74) is 0.609. The molecule has 3 rings (SSSR count). The van der Waals surface area contributed by atoms with Gasteiger partial charge >= 0.3 is 0 Å². The summed E-state index contributed by atoms with van der Waals surface area (Å²) in [6, 6.07) is 8.77. The average Bonchev–Trinajstić information content (AvgIpc) is 3.05. The highest BCUT2D eigenvalue weighted by atomic mass is 32.2. The standard InChI is InChI=1S/C19H22FNO6S2/c1-26-18-8-3-14(11-19(18)27-2)12-21(16-9-10-28(22,23)13-16)29(24,25)17-6-4-15(20)5-7-17/h3-8,11,16H,9-10,12-13H2,1-2H3/t16-/m0/s1. The maximum absolute atomic E-state index is 13.3. The van der Waals surface area contributed by atoms with Crippen molar-refractivity contribution in [3.63, 3.8) is 0 Å². The van der Waals surface area contributed by atoms with Crippen LogP contribution in [0.5, 0.6) is 11.5 Å². The van der Waals surface area contributed by atoms with Gasteiger partial charge in [-0.1, -0.05) is 6.07 Å². The fourth-order valence-electron chi connectivity index (χ4n) is 3.31. The number of sulfonamides is 1. The maximum atomic E-state index is 13.3. The van der Waals surface area contributed by atoms with Crippen LogP contribution in [0.4, 0.5) is 4.39 Å². The number of benzene rings is 2. The molecule has 0 bridgehead atoms. The first-order chi connectivity index (χ1) is 13.7. The first-order valence-electron chi connectivity index (χ1n) is 8.85. The number of sulfone groups is 1. The van der Waals surface area contributed by atoms with Crippen molar-refractivity contribution in [3.8, 4) is 11.5 Å². The summed E-state index contributed by atoms with van der Waals surface area (Å²) < 4.78 is 75.4. The molecule has 0 aliphatic carbocycles. The van der Waals surface area contributed by atoms with Crippen LogP contribution in [0.25, 0.3) is 0 Å². The lowest BCUT2D eigenvalue weighted by Crippen LogP contribution is -2.40. The monoisotopic (exact) mass is 443 g/mol. The Bertz CT molecular complexity index is 1080. The van der Waals surface area contributed by atoms with Crippen molar-refractivity contribution in [3.05, 3.63) is 53.8 Å². The molecule has 0 aromatic heterocycles. The smallest absolute Gasteiger partial charge is 0.243 e. The van der Waals surface area contributed by atoms with Crippen LogP contribution in [0.15, 0.2) is 47.4 Å². The number of ether oxygens (including phenoxy) is 2. The van der Waals surface area contributed by atoms with E-state index in [1.807, 2.05) is 0 Å². The molecule has 158 valence electrons. The SMILES string of the molecule is COc1ccc(CN([C@H]2CCS(=O)(=O)C2)S(=O)(=O)c2ccc(F)cc2)cc1OC. The Morgan fingerprint density at radius 2 is 1.72 bits per heavy atom. The molecule has 1 aliphatic heterocycles. The van der Waals surface area contributed by atoms with Crippen molar-refractivity contribution in [1.29, 1.82) is 0 Å². The molecule has 1 atom stereocenters. The van der Waals surface area contributed by atoms with Gasteiger partial charge in [-0.2, -0.15) is 4.31 Å². The second kappa shape index (κ2) is 8.29. The van der Waals surface area contributed by atoms with E-state index < -0.39 is 31.7 Å². The van der Waals surface area contributed by atoms with Gasteiger partial charge in [0.2, 0.25) is 10.0 Å². The second-order valence-electron chi connectivity index (χ2n) is 6.75. The van der Waals surface area contributed by atoms with Crippen LogP contribution in [0.2, 0.25) is 0 Å². The lowest BCUT2D eigenvalue weighted by atomic mass is 10.1. The van der Waals surface area contributed by atoms with Crippen LogP contribution in [-0.2, 0) is 26.4 Å². The molecule has 29 heavy (non-hydrogen) atoms. The lowest BCUT2D eigenvalue weighted by Gasteiger charge is -2.27. The molecular weight excluding hydrogens is 421 g/mol. The van der Waals surface area contributed by atoms with E-state index in [0.29, 0.717) is 17.1 Å². The first-order valence-corrected chi connectivity index (χ1v) is 12.1. The zero-order valence-electron chi connectivity index (χ0n) is 16.0. The van der Waals surface area contributed by atoms with Crippen LogP contribution >= 0.6 is 0 Å². The Hall–Kier alpha value is -2.17. The number of hydrogen-bond acceptors (Lipinski definition) is 6. The predicted octanol–water partition coefficient (Wildman–Crippen LogP) is 2.22. The molecule has 10 heteroatoms. The lowest BCUT2D eigenvalue weighted by molar-refractivity contribution is 0.331. The van der Waals surface area contributed by atoms with Gasteiger partial charge in [0.05, 0.1) is 30.6 Å². The number of hydrogen-bond donors (Lipinski definition) is 0. The molecule has 2 aromatic carbocycles. The highest BCUT2D eigenvalue weighted by Crippen LogP contribution is 2.31. The van der Waals surface area contributed by atoms with E-state index >= 15 is 0 Å². The van der Waals surface area contributed by atoms with Gasteiger partial charge in [-0.15, -0.1) is 0 Å². The van der Waals surface area contributed by atoms with Crippen LogP contribution in [0, 0.1) is 5.82 Å². The third-order valence-corrected chi connectivity index (χ3v) is 8.49. The molecule has 7 nitrogen and oxygen atoms in total. The molecule has 1 saturated heterocycles. The van der Waals surface area contributed by atoms with Crippen molar-refractivity contribution in [2.24, 2.45) is 0 Å². The van der Waals surface area contributed by atoms with Gasteiger partial charge in [-0.25, -0.2) is 21.2 Å². The number of methoxy groups -OCH3 is 2. The van der Waals surface area contributed by atoms with E-state index in [4.69, 9.17) is 9.47 Å². The van der Waals surface area contributed by atoms with Crippen LogP contribution in [0.3, 0.4) is 0 Å². The Balaban J connectivity index is 2.01. The summed E-state index contributed by atoms with van der Waals surface area (Å²) >= 11 is 0. The molecule has 0 saturated carbocycles. The fraction of sp³-hybridized carbons (Fsp3) is 0.368. The number of nitrogens with zero attached hydrogens (tertiary/aromatic N) is 1. The highest BCUT2D eigenvalue weighted by molar-refractivity contribution is 7.92. The molecule has 1 fully saturated rings. The van der Waals surface area contributed by atoms with Gasteiger partial charge in [-0.05, 0) is 48.4 Å². The van der Waals surface area contributed by atoms with Gasteiger partial charge in [0.15, 0.2) is 21.3 Å². The van der Waals surface area contributed by atoms with Gasteiger partial charge < -0.3 is 9.47 Å². The van der Waals surface area contributed by atoms with Crippen LogP contribution in [0.1, 0.15) is 12.0 Å². The number of halogens is 1. The zero-order valence-corrected chi connectivity index (χ0v) is 17.7.